The molecule has 3 heteroatoms. The van der Waals surface area contributed by atoms with Crippen LogP contribution in [0.25, 0.3) is 0 Å². The van der Waals surface area contributed by atoms with Gasteiger partial charge in [0.05, 0.1) is 11.6 Å². The third kappa shape index (κ3) is 2.89. The van der Waals surface area contributed by atoms with Crippen LogP contribution in [-0.4, -0.2) is 13.0 Å². The second-order valence-electron chi connectivity index (χ2n) is 4.97. The molecule has 0 saturated heterocycles. The van der Waals surface area contributed by atoms with E-state index in [9.17, 15) is 4.79 Å². The van der Waals surface area contributed by atoms with Crippen molar-refractivity contribution in [2.75, 3.05) is 11.9 Å². The van der Waals surface area contributed by atoms with Gasteiger partial charge in [0.1, 0.15) is 0 Å². The number of hydrogen-bond acceptors (Lipinski definition) is 2. The molecule has 1 saturated carbocycles. The van der Waals surface area contributed by atoms with E-state index < -0.39 is 0 Å². The summed E-state index contributed by atoms with van der Waals surface area (Å²) in [6, 6.07) is 9.28. The highest BCUT2D eigenvalue weighted by molar-refractivity contribution is 5.93. The Labute approximate surface area is 108 Å². The number of benzene rings is 1. The molecule has 3 nitrogen and oxygen atoms in total. The second kappa shape index (κ2) is 5.68. The number of rotatable bonds is 3. The van der Waals surface area contributed by atoms with Crippen LogP contribution in [0.3, 0.4) is 0 Å². The molecule has 1 aromatic carbocycles. The second-order valence-corrected chi connectivity index (χ2v) is 4.97. The summed E-state index contributed by atoms with van der Waals surface area (Å²) >= 11 is 0. The first-order chi connectivity index (χ1) is 8.70. The Hall–Kier alpha value is -1.82. The summed E-state index contributed by atoms with van der Waals surface area (Å²) in [6.07, 6.45) is 5.50. The molecule has 18 heavy (non-hydrogen) atoms. The van der Waals surface area contributed by atoms with Gasteiger partial charge in [-0.2, -0.15) is 5.26 Å². The highest BCUT2D eigenvalue weighted by Gasteiger charge is 2.21. The Morgan fingerprint density at radius 2 is 2.17 bits per heavy atom. The Morgan fingerprint density at radius 1 is 1.44 bits per heavy atom. The van der Waals surface area contributed by atoms with Crippen molar-refractivity contribution in [3.05, 3.63) is 29.8 Å². The maximum atomic E-state index is 12.1. The van der Waals surface area contributed by atoms with Crippen molar-refractivity contribution < 1.29 is 4.79 Å². The summed E-state index contributed by atoms with van der Waals surface area (Å²) < 4.78 is 0. The molecule has 0 atom stereocenters. The summed E-state index contributed by atoms with van der Waals surface area (Å²) in [6.45, 7) is 0. The van der Waals surface area contributed by atoms with Gasteiger partial charge >= 0.3 is 0 Å². The van der Waals surface area contributed by atoms with Gasteiger partial charge in [-0.1, -0.05) is 18.9 Å². The minimum absolute atomic E-state index is 0.150. The maximum Gasteiger partial charge on any atom is 0.226 e. The molecular formula is C15H18N2O. The van der Waals surface area contributed by atoms with Gasteiger partial charge in [-0.15, -0.1) is 0 Å². The molecule has 1 fully saturated rings. The van der Waals surface area contributed by atoms with Crippen molar-refractivity contribution in [2.24, 2.45) is 5.92 Å². The average Bonchev–Trinajstić information content (AvgIpc) is 2.90. The van der Waals surface area contributed by atoms with Crippen LogP contribution in [-0.2, 0) is 4.79 Å². The van der Waals surface area contributed by atoms with E-state index in [-0.39, 0.29) is 5.91 Å². The average molecular weight is 242 g/mol. The highest BCUT2D eigenvalue weighted by Crippen LogP contribution is 2.28. The molecule has 0 unspecified atom stereocenters. The quantitative estimate of drug-likeness (QED) is 0.817. The number of carbonyl (C=O) groups excluding carboxylic acids is 1. The van der Waals surface area contributed by atoms with Crippen molar-refractivity contribution in [3.8, 4) is 6.07 Å². The molecule has 2 rings (SSSR count). The molecule has 0 aliphatic heterocycles. The lowest BCUT2D eigenvalue weighted by Crippen LogP contribution is -2.27. The fourth-order valence-electron chi connectivity index (χ4n) is 2.53. The van der Waals surface area contributed by atoms with E-state index in [2.05, 4.69) is 6.07 Å². The molecule has 0 spiro atoms. The van der Waals surface area contributed by atoms with E-state index in [1.165, 1.54) is 25.7 Å². The van der Waals surface area contributed by atoms with E-state index in [1.54, 1.807) is 24.1 Å². The van der Waals surface area contributed by atoms with E-state index >= 15 is 0 Å². The number of carbonyl (C=O) groups is 1. The van der Waals surface area contributed by atoms with Gasteiger partial charge in [0.15, 0.2) is 0 Å². The van der Waals surface area contributed by atoms with Crippen LogP contribution in [0.5, 0.6) is 0 Å². The Balaban J connectivity index is 2.03. The molecule has 0 radical (unpaired) electrons. The minimum Gasteiger partial charge on any atom is -0.315 e. The molecule has 0 N–H and O–H groups in total. The zero-order chi connectivity index (χ0) is 13.0. The number of amides is 1. The van der Waals surface area contributed by atoms with Crippen molar-refractivity contribution in [2.45, 2.75) is 32.1 Å². The molecule has 1 amide bonds. The molecule has 1 aliphatic rings. The van der Waals surface area contributed by atoms with Gasteiger partial charge in [-0.25, -0.2) is 0 Å². The minimum atomic E-state index is 0.150. The summed E-state index contributed by atoms with van der Waals surface area (Å²) in [5, 5.41) is 8.86. The van der Waals surface area contributed by atoms with E-state index in [4.69, 9.17) is 5.26 Å². The summed E-state index contributed by atoms with van der Waals surface area (Å²) in [5.74, 6) is 0.705. The Bertz CT molecular complexity index is 470. The Morgan fingerprint density at radius 3 is 2.83 bits per heavy atom. The van der Waals surface area contributed by atoms with Crippen LogP contribution in [0, 0.1) is 17.2 Å². The SMILES string of the molecule is CN(C(=O)CC1CCCC1)c1cccc(C#N)c1. The number of hydrogen-bond donors (Lipinski definition) is 0. The monoisotopic (exact) mass is 242 g/mol. The lowest BCUT2D eigenvalue weighted by Gasteiger charge is -2.19. The van der Waals surface area contributed by atoms with Gasteiger partial charge in [0, 0.05) is 19.2 Å². The lowest BCUT2D eigenvalue weighted by molar-refractivity contribution is -0.119. The van der Waals surface area contributed by atoms with Crippen molar-refractivity contribution >= 4 is 11.6 Å². The summed E-state index contributed by atoms with van der Waals surface area (Å²) in [7, 11) is 1.79. The fourth-order valence-corrected chi connectivity index (χ4v) is 2.53. The van der Waals surface area contributed by atoms with Gasteiger partial charge < -0.3 is 4.90 Å². The van der Waals surface area contributed by atoms with E-state index in [0.717, 1.165) is 5.69 Å². The Kier molecular flexibility index (Phi) is 3.99. The van der Waals surface area contributed by atoms with Crippen molar-refractivity contribution in [1.82, 2.24) is 0 Å². The molecule has 1 aliphatic carbocycles. The normalized spacial score (nSPS) is 15.3. The van der Waals surface area contributed by atoms with Gasteiger partial charge in [-0.05, 0) is 37.0 Å². The lowest BCUT2D eigenvalue weighted by atomic mass is 10.0. The summed E-state index contributed by atoms with van der Waals surface area (Å²) in [4.78, 5) is 13.8. The predicted molar refractivity (Wildman–Crippen MR) is 71.1 cm³/mol. The topological polar surface area (TPSA) is 44.1 Å². The standard InChI is InChI=1S/C15H18N2O/c1-17(14-8-4-7-13(9-14)11-16)15(18)10-12-5-2-3-6-12/h4,7-9,12H,2-3,5-6,10H2,1H3. The third-order valence-corrected chi connectivity index (χ3v) is 3.67. The molecular weight excluding hydrogens is 224 g/mol. The van der Waals surface area contributed by atoms with Gasteiger partial charge in [-0.3, -0.25) is 4.79 Å². The van der Waals surface area contributed by atoms with Crippen molar-refractivity contribution in [1.29, 1.82) is 5.26 Å². The van der Waals surface area contributed by atoms with Crippen LogP contribution in [0.2, 0.25) is 0 Å². The first-order valence-electron chi connectivity index (χ1n) is 6.47. The van der Waals surface area contributed by atoms with Crippen LogP contribution >= 0.6 is 0 Å². The number of nitriles is 1. The first-order valence-corrected chi connectivity index (χ1v) is 6.47. The number of anilines is 1. The van der Waals surface area contributed by atoms with Crippen LogP contribution in [0.15, 0.2) is 24.3 Å². The predicted octanol–water partition coefficient (Wildman–Crippen LogP) is 3.10. The maximum absolute atomic E-state index is 12.1. The van der Waals surface area contributed by atoms with Crippen molar-refractivity contribution in [3.63, 3.8) is 0 Å². The molecule has 1 aromatic rings. The molecule has 94 valence electrons. The van der Waals surface area contributed by atoms with Gasteiger partial charge in [0.2, 0.25) is 5.91 Å². The van der Waals surface area contributed by atoms with E-state index in [0.29, 0.717) is 17.9 Å². The molecule has 0 aromatic heterocycles. The number of nitrogens with zero attached hydrogens (tertiary/aromatic N) is 2. The smallest absolute Gasteiger partial charge is 0.226 e. The largest absolute Gasteiger partial charge is 0.315 e. The zero-order valence-corrected chi connectivity index (χ0v) is 10.7. The van der Waals surface area contributed by atoms with Crippen LogP contribution < -0.4 is 4.90 Å². The van der Waals surface area contributed by atoms with Crippen LogP contribution in [0.1, 0.15) is 37.7 Å². The van der Waals surface area contributed by atoms with Crippen LogP contribution in [0.4, 0.5) is 5.69 Å². The highest BCUT2D eigenvalue weighted by atomic mass is 16.2. The fraction of sp³-hybridized carbons (Fsp3) is 0.467. The summed E-state index contributed by atoms with van der Waals surface area (Å²) in [5.41, 5.74) is 1.39. The zero-order valence-electron chi connectivity index (χ0n) is 10.7. The van der Waals surface area contributed by atoms with E-state index in [1.807, 2.05) is 12.1 Å². The first kappa shape index (κ1) is 12.6. The molecule has 0 heterocycles. The molecule has 0 bridgehead atoms. The third-order valence-electron chi connectivity index (χ3n) is 3.67. The van der Waals surface area contributed by atoms with Gasteiger partial charge in [0.25, 0.3) is 0 Å².